The van der Waals surface area contributed by atoms with Crippen LogP contribution in [0.2, 0.25) is 0 Å². The normalized spacial score (nSPS) is 16.6. The molecule has 1 aromatic carbocycles. The van der Waals surface area contributed by atoms with Gasteiger partial charge in [-0.2, -0.15) is 0 Å². The first kappa shape index (κ1) is 12.3. The lowest BCUT2D eigenvalue weighted by atomic mass is 9.79. The molecule has 2 nitrogen and oxygen atoms in total. The number of carbonyl (C=O) groups is 1. The van der Waals surface area contributed by atoms with Crippen LogP contribution in [-0.4, -0.2) is 18.4 Å². The number of ketones is 1. The minimum atomic E-state index is -0.488. The summed E-state index contributed by atoms with van der Waals surface area (Å²) in [7, 11) is 1.82. The fourth-order valence-corrected chi connectivity index (χ4v) is 2.12. The summed E-state index contributed by atoms with van der Waals surface area (Å²) in [5, 5.41) is 3.05. The van der Waals surface area contributed by atoms with Gasteiger partial charge in [-0.25, -0.2) is 0 Å². The van der Waals surface area contributed by atoms with Gasteiger partial charge in [-0.15, -0.1) is 0 Å². The number of carbonyl (C=O) groups excluding carboxylic acids is 1. The van der Waals surface area contributed by atoms with Crippen molar-refractivity contribution in [1.82, 2.24) is 5.32 Å². The summed E-state index contributed by atoms with van der Waals surface area (Å²) in [6, 6.07) is 8.16. The van der Waals surface area contributed by atoms with Gasteiger partial charge < -0.3 is 5.32 Å². The van der Waals surface area contributed by atoms with Gasteiger partial charge >= 0.3 is 0 Å². The van der Waals surface area contributed by atoms with E-state index in [1.54, 1.807) is 0 Å². The molecule has 92 valence electrons. The van der Waals surface area contributed by atoms with E-state index in [1.807, 2.05) is 33.0 Å². The molecule has 17 heavy (non-hydrogen) atoms. The van der Waals surface area contributed by atoms with Gasteiger partial charge in [-0.05, 0) is 45.2 Å². The van der Waals surface area contributed by atoms with Crippen molar-refractivity contribution in [3.05, 3.63) is 35.4 Å². The highest BCUT2D eigenvalue weighted by Gasteiger charge is 2.26. The van der Waals surface area contributed by atoms with E-state index in [0.29, 0.717) is 0 Å². The van der Waals surface area contributed by atoms with Gasteiger partial charge in [0.25, 0.3) is 0 Å². The van der Waals surface area contributed by atoms with E-state index >= 15 is 0 Å². The van der Waals surface area contributed by atoms with E-state index in [9.17, 15) is 4.79 Å². The molecule has 1 aliphatic rings. The van der Waals surface area contributed by atoms with E-state index in [4.69, 9.17) is 0 Å². The number of nitrogens with one attached hydrogen (secondary N) is 1. The van der Waals surface area contributed by atoms with Crippen LogP contribution in [0.3, 0.4) is 0 Å². The molecule has 0 aliphatic heterocycles. The van der Waals surface area contributed by atoms with Crippen molar-refractivity contribution in [3.8, 4) is 0 Å². The molecular weight excluding hydrogens is 210 g/mol. The average molecular weight is 231 g/mol. The van der Waals surface area contributed by atoms with Crippen molar-refractivity contribution in [2.45, 2.75) is 44.6 Å². The Kier molecular flexibility index (Phi) is 3.34. The minimum absolute atomic E-state index is 0.153. The fraction of sp³-hybridized carbons (Fsp3) is 0.533. The Morgan fingerprint density at radius 2 is 1.82 bits per heavy atom. The predicted molar refractivity (Wildman–Crippen MR) is 70.5 cm³/mol. The number of Topliss-reactive ketones (excluding diaryl/α,β-unsaturated/α-hetero) is 1. The summed E-state index contributed by atoms with van der Waals surface area (Å²) in [6.07, 6.45) is 3.95. The summed E-state index contributed by atoms with van der Waals surface area (Å²) >= 11 is 0. The molecule has 2 rings (SSSR count). The van der Waals surface area contributed by atoms with E-state index in [-0.39, 0.29) is 5.78 Å². The molecule has 0 aromatic heterocycles. The van der Waals surface area contributed by atoms with Gasteiger partial charge in [-0.1, -0.05) is 30.7 Å². The zero-order chi connectivity index (χ0) is 12.5. The number of benzene rings is 1. The minimum Gasteiger partial charge on any atom is -0.308 e. The highest BCUT2D eigenvalue weighted by atomic mass is 16.1. The summed E-state index contributed by atoms with van der Waals surface area (Å²) in [6.45, 7) is 3.82. The summed E-state index contributed by atoms with van der Waals surface area (Å²) in [4.78, 5) is 12.2. The molecule has 0 bridgehead atoms. The second-order valence-electron chi connectivity index (χ2n) is 5.45. The maximum atomic E-state index is 12.2. The van der Waals surface area contributed by atoms with Crippen molar-refractivity contribution in [2.75, 3.05) is 7.05 Å². The quantitative estimate of drug-likeness (QED) is 0.807. The van der Waals surface area contributed by atoms with Crippen LogP contribution in [0.5, 0.6) is 0 Å². The Bertz CT molecular complexity index is 401. The van der Waals surface area contributed by atoms with Crippen LogP contribution in [0.15, 0.2) is 24.3 Å². The number of likely N-dealkylation sites (N-methyl/N-ethyl adjacent to an activating group) is 1. The third-order valence-corrected chi connectivity index (χ3v) is 3.94. The molecule has 1 aromatic rings. The maximum absolute atomic E-state index is 12.2. The van der Waals surface area contributed by atoms with Gasteiger partial charge in [-0.3, -0.25) is 4.79 Å². The average Bonchev–Trinajstić information content (AvgIpc) is 2.27. The van der Waals surface area contributed by atoms with Crippen molar-refractivity contribution in [2.24, 2.45) is 0 Å². The SMILES string of the molecule is CNC(C)(C)C(=O)c1ccc(C2CCC2)cc1. The van der Waals surface area contributed by atoms with E-state index in [0.717, 1.165) is 11.5 Å². The van der Waals surface area contributed by atoms with Gasteiger partial charge in [0.15, 0.2) is 5.78 Å². The standard InChI is InChI=1S/C15H21NO/c1-15(2,16-3)14(17)13-9-7-12(8-10-13)11-5-4-6-11/h7-11,16H,4-6H2,1-3H3. The van der Waals surface area contributed by atoms with Crippen LogP contribution in [0.4, 0.5) is 0 Å². The molecule has 1 aliphatic carbocycles. The lowest BCUT2D eigenvalue weighted by molar-refractivity contribution is 0.0889. The number of rotatable bonds is 4. The molecule has 1 fully saturated rings. The summed E-state index contributed by atoms with van der Waals surface area (Å²) in [5.74, 6) is 0.886. The molecule has 0 unspecified atom stereocenters. The van der Waals surface area contributed by atoms with E-state index in [2.05, 4.69) is 17.4 Å². The van der Waals surface area contributed by atoms with Crippen LogP contribution >= 0.6 is 0 Å². The Balaban J connectivity index is 2.14. The molecule has 0 atom stereocenters. The monoisotopic (exact) mass is 231 g/mol. The summed E-state index contributed by atoms with van der Waals surface area (Å²) in [5.41, 5.74) is 1.69. The Morgan fingerprint density at radius 3 is 2.24 bits per heavy atom. The third-order valence-electron chi connectivity index (χ3n) is 3.94. The van der Waals surface area contributed by atoms with Crippen molar-refractivity contribution in [3.63, 3.8) is 0 Å². The van der Waals surface area contributed by atoms with Crippen LogP contribution in [0.1, 0.15) is 54.9 Å². The molecule has 0 heterocycles. The molecule has 1 saturated carbocycles. The van der Waals surface area contributed by atoms with E-state index < -0.39 is 5.54 Å². The zero-order valence-electron chi connectivity index (χ0n) is 10.9. The van der Waals surface area contributed by atoms with Gasteiger partial charge in [0, 0.05) is 5.56 Å². The second-order valence-corrected chi connectivity index (χ2v) is 5.45. The van der Waals surface area contributed by atoms with Gasteiger partial charge in [0.1, 0.15) is 0 Å². The number of hydrogen-bond acceptors (Lipinski definition) is 2. The van der Waals surface area contributed by atoms with Crippen LogP contribution in [0.25, 0.3) is 0 Å². The Hall–Kier alpha value is -1.15. The molecule has 0 radical (unpaired) electrons. The van der Waals surface area contributed by atoms with Crippen molar-refractivity contribution >= 4 is 5.78 Å². The lowest BCUT2D eigenvalue weighted by Gasteiger charge is -2.26. The van der Waals surface area contributed by atoms with E-state index in [1.165, 1.54) is 24.8 Å². The molecule has 1 N–H and O–H groups in total. The molecule has 0 spiro atoms. The predicted octanol–water partition coefficient (Wildman–Crippen LogP) is 3.13. The molecule has 2 heteroatoms. The number of hydrogen-bond donors (Lipinski definition) is 1. The molecular formula is C15H21NO. The van der Waals surface area contributed by atoms with Crippen molar-refractivity contribution < 1.29 is 4.79 Å². The third kappa shape index (κ3) is 2.42. The van der Waals surface area contributed by atoms with Crippen LogP contribution in [0, 0.1) is 0 Å². The molecule has 0 amide bonds. The first-order valence-corrected chi connectivity index (χ1v) is 6.38. The highest BCUT2D eigenvalue weighted by Crippen LogP contribution is 2.36. The first-order chi connectivity index (χ1) is 8.04. The Labute approximate surface area is 103 Å². The Morgan fingerprint density at radius 1 is 1.24 bits per heavy atom. The maximum Gasteiger partial charge on any atom is 0.182 e. The first-order valence-electron chi connectivity index (χ1n) is 6.38. The topological polar surface area (TPSA) is 29.1 Å². The lowest BCUT2D eigenvalue weighted by Crippen LogP contribution is -2.44. The van der Waals surface area contributed by atoms with Gasteiger partial charge in [0.2, 0.25) is 0 Å². The van der Waals surface area contributed by atoms with Crippen LogP contribution in [-0.2, 0) is 0 Å². The highest BCUT2D eigenvalue weighted by molar-refractivity contribution is 6.02. The fourth-order valence-electron chi connectivity index (χ4n) is 2.12. The second kappa shape index (κ2) is 4.61. The van der Waals surface area contributed by atoms with Gasteiger partial charge in [0.05, 0.1) is 5.54 Å². The van der Waals surface area contributed by atoms with Crippen molar-refractivity contribution in [1.29, 1.82) is 0 Å². The zero-order valence-corrected chi connectivity index (χ0v) is 10.9. The largest absolute Gasteiger partial charge is 0.308 e. The smallest absolute Gasteiger partial charge is 0.182 e. The summed E-state index contributed by atoms with van der Waals surface area (Å²) < 4.78 is 0. The van der Waals surface area contributed by atoms with Crippen LogP contribution < -0.4 is 5.32 Å². The molecule has 0 saturated heterocycles.